The van der Waals surface area contributed by atoms with E-state index in [-0.39, 0.29) is 5.91 Å². The first-order valence-electron chi connectivity index (χ1n) is 11.9. The number of carbonyl (C=O) groups is 1. The Morgan fingerprint density at radius 1 is 0.938 bits per heavy atom. The number of anilines is 2. The highest BCUT2D eigenvalue weighted by molar-refractivity contribution is 6.05. The molecule has 1 aliphatic heterocycles. The zero-order chi connectivity index (χ0) is 21.8. The van der Waals surface area contributed by atoms with Gasteiger partial charge in [-0.15, -0.1) is 0 Å². The quantitative estimate of drug-likeness (QED) is 0.484. The normalized spacial score (nSPS) is 27.4. The van der Waals surface area contributed by atoms with Gasteiger partial charge in [-0.05, 0) is 103 Å². The molecular weight excluding hydrogens is 392 g/mol. The second-order valence-electron chi connectivity index (χ2n) is 9.97. The molecule has 2 aliphatic carbocycles. The van der Waals surface area contributed by atoms with E-state index in [0.29, 0.717) is 17.9 Å². The first-order chi connectivity index (χ1) is 15.6. The van der Waals surface area contributed by atoms with Crippen LogP contribution in [0.5, 0.6) is 0 Å². The third-order valence-electron chi connectivity index (χ3n) is 8.36. The summed E-state index contributed by atoms with van der Waals surface area (Å²) >= 11 is 0. The maximum atomic E-state index is 13.2. The summed E-state index contributed by atoms with van der Waals surface area (Å²) in [6.45, 7) is 4.14. The van der Waals surface area contributed by atoms with Crippen molar-refractivity contribution in [2.75, 3.05) is 10.6 Å². The van der Waals surface area contributed by atoms with Crippen LogP contribution in [0.25, 0.3) is 0 Å². The van der Waals surface area contributed by atoms with E-state index in [1.807, 2.05) is 18.2 Å². The molecule has 6 rings (SSSR count). The molecule has 3 heteroatoms. The van der Waals surface area contributed by atoms with Crippen LogP contribution < -0.4 is 10.6 Å². The van der Waals surface area contributed by atoms with Crippen molar-refractivity contribution in [1.29, 1.82) is 0 Å². The molecular formula is C29H30N2O. The third kappa shape index (κ3) is 3.06. The molecule has 1 heterocycles. The van der Waals surface area contributed by atoms with Crippen LogP contribution in [0, 0.1) is 31.6 Å². The smallest absolute Gasteiger partial charge is 0.255 e. The number of rotatable bonds is 3. The largest absolute Gasteiger partial charge is 0.378 e. The van der Waals surface area contributed by atoms with E-state index in [9.17, 15) is 4.79 Å². The lowest BCUT2D eigenvalue weighted by molar-refractivity contribution is 0.102. The fraction of sp³-hybridized carbons (Fsp3) is 0.345. The molecule has 0 aromatic heterocycles. The maximum Gasteiger partial charge on any atom is 0.255 e. The number of fused-ring (bicyclic) bond motifs is 7. The zero-order valence-electron chi connectivity index (χ0n) is 18.8. The first kappa shape index (κ1) is 19.6. The van der Waals surface area contributed by atoms with E-state index < -0.39 is 0 Å². The Labute approximate surface area is 190 Å². The fourth-order valence-electron chi connectivity index (χ4n) is 6.70. The van der Waals surface area contributed by atoms with Gasteiger partial charge >= 0.3 is 0 Å². The van der Waals surface area contributed by atoms with Crippen LogP contribution in [-0.4, -0.2) is 5.91 Å². The molecule has 2 saturated carbocycles. The summed E-state index contributed by atoms with van der Waals surface area (Å²) in [5.41, 5.74) is 7.91. The monoisotopic (exact) mass is 422 g/mol. The van der Waals surface area contributed by atoms with Crippen LogP contribution >= 0.6 is 0 Å². The van der Waals surface area contributed by atoms with E-state index >= 15 is 0 Å². The number of benzene rings is 3. The Hall–Kier alpha value is -3.07. The van der Waals surface area contributed by atoms with Crippen molar-refractivity contribution in [1.82, 2.24) is 0 Å². The van der Waals surface area contributed by atoms with Gasteiger partial charge in [0.2, 0.25) is 0 Å². The lowest BCUT2D eigenvalue weighted by Gasteiger charge is -2.43. The van der Waals surface area contributed by atoms with Gasteiger partial charge in [-0.2, -0.15) is 0 Å². The van der Waals surface area contributed by atoms with Crippen LogP contribution in [0.4, 0.5) is 11.4 Å². The third-order valence-corrected chi connectivity index (χ3v) is 8.36. The standard InChI is InChI=1S/C29H30N2O/c1-17-7-6-10-24(18(17)2)31-29(32)22-13-14-25-23(16-22)26-20-11-12-21(15-20)27(26)28(30-25)19-8-4-3-5-9-19/h3-10,13-14,16,20-21,26-28,30H,11-12,15H2,1-2H3,(H,31,32). The van der Waals surface area contributed by atoms with Crippen LogP contribution in [0.3, 0.4) is 0 Å². The van der Waals surface area contributed by atoms with Crippen LogP contribution in [0.15, 0.2) is 66.7 Å². The van der Waals surface area contributed by atoms with Gasteiger partial charge in [0.05, 0.1) is 6.04 Å². The van der Waals surface area contributed by atoms with Crippen molar-refractivity contribution >= 4 is 17.3 Å². The summed E-state index contributed by atoms with van der Waals surface area (Å²) in [4.78, 5) is 13.2. The van der Waals surface area contributed by atoms with Crippen molar-refractivity contribution in [3.63, 3.8) is 0 Å². The molecule has 0 spiro atoms. The van der Waals surface area contributed by atoms with Gasteiger partial charge in [-0.25, -0.2) is 0 Å². The second kappa shape index (κ2) is 7.51. The average molecular weight is 423 g/mol. The van der Waals surface area contributed by atoms with Crippen molar-refractivity contribution in [3.05, 3.63) is 94.5 Å². The molecule has 3 aliphatic rings. The topological polar surface area (TPSA) is 41.1 Å². The van der Waals surface area contributed by atoms with E-state index in [1.165, 1.54) is 41.6 Å². The molecule has 2 N–H and O–H groups in total. The fourth-order valence-corrected chi connectivity index (χ4v) is 6.70. The highest BCUT2D eigenvalue weighted by atomic mass is 16.1. The van der Waals surface area contributed by atoms with Crippen molar-refractivity contribution in [2.24, 2.45) is 17.8 Å². The summed E-state index contributed by atoms with van der Waals surface area (Å²) < 4.78 is 0. The van der Waals surface area contributed by atoms with Gasteiger partial charge in [-0.3, -0.25) is 4.79 Å². The minimum Gasteiger partial charge on any atom is -0.378 e. The summed E-state index contributed by atoms with van der Waals surface area (Å²) in [5, 5.41) is 7.01. The number of carbonyl (C=O) groups excluding carboxylic acids is 1. The number of aryl methyl sites for hydroxylation is 1. The van der Waals surface area contributed by atoms with E-state index in [0.717, 1.165) is 28.7 Å². The van der Waals surface area contributed by atoms with Gasteiger partial charge < -0.3 is 10.6 Å². The SMILES string of the molecule is Cc1cccc(NC(=O)c2ccc3c(c2)C2C4CCC(C4)C2C(c2ccccc2)N3)c1C. The van der Waals surface area contributed by atoms with E-state index in [1.54, 1.807) is 0 Å². The molecule has 5 unspecified atom stereocenters. The van der Waals surface area contributed by atoms with Gasteiger partial charge in [-0.1, -0.05) is 42.5 Å². The van der Waals surface area contributed by atoms with E-state index in [2.05, 4.69) is 73.0 Å². The van der Waals surface area contributed by atoms with Crippen molar-refractivity contribution in [3.8, 4) is 0 Å². The Kier molecular flexibility index (Phi) is 4.60. The highest BCUT2D eigenvalue weighted by Crippen LogP contribution is 2.63. The van der Waals surface area contributed by atoms with Crippen molar-refractivity contribution in [2.45, 2.75) is 45.1 Å². The number of nitrogens with one attached hydrogen (secondary N) is 2. The molecule has 0 radical (unpaired) electrons. The second-order valence-corrected chi connectivity index (χ2v) is 9.97. The highest BCUT2D eigenvalue weighted by Gasteiger charge is 2.53. The lowest BCUT2D eigenvalue weighted by atomic mass is 9.68. The Balaban J connectivity index is 1.35. The lowest BCUT2D eigenvalue weighted by Crippen LogP contribution is -2.35. The minimum atomic E-state index is -0.0219. The van der Waals surface area contributed by atoms with Crippen LogP contribution in [0.2, 0.25) is 0 Å². The van der Waals surface area contributed by atoms with Gasteiger partial charge in [0.15, 0.2) is 0 Å². The van der Waals surface area contributed by atoms with Crippen LogP contribution in [0.1, 0.15) is 63.8 Å². The summed E-state index contributed by atoms with van der Waals surface area (Å²) in [6.07, 6.45) is 4.00. The molecule has 2 bridgehead atoms. The number of amides is 1. The molecule has 162 valence electrons. The van der Waals surface area contributed by atoms with Gasteiger partial charge in [0.25, 0.3) is 5.91 Å². The summed E-state index contributed by atoms with van der Waals surface area (Å²) in [6, 6.07) is 23.6. The molecule has 3 aromatic carbocycles. The van der Waals surface area contributed by atoms with E-state index in [4.69, 9.17) is 0 Å². The number of hydrogen-bond acceptors (Lipinski definition) is 2. The Morgan fingerprint density at radius 2 is 1.75 bits per heavy atom. The van der Waals surface area contributed by atoms with Crippen LogP contribution in [-0.2, 0) is 0 Å². The minimum absolute atomic E-state index is 0.0219. The molecule has 32 heavy (non-hydrogen) atoms. The molecule has 2 fully saturated rings. The molecule has 3 aromatic rings. The maximum absolute atomic E-state index is 13.2. The summed E-state index contributed by atoms with van der Waals surface area (Å²) in [5.74, 6) is 2.66. The molecule has 3 nitrogen and oxygen atoms in total. The predicted molar refractivity (Wildman–Crippen MR) is 130 cm³/mol. The zero-order valence-corrected chi connectivity index (χ0v) is 18.8. The predicted octanol–water partition coefficient (Wildman–Crippen LogP) is 6.85. The number of hydrogen-bond donors (Lipinski definition) is 2. The van der Waals surface area contributed by atoms with Gasteiger partial charge in [0.1, 0.15) is 0 Å². The molecule has 1 amide bonds. The summed E-state index contributed by atoms with van der Waals surface area (Å²) in [7, 11) is 0. The Bertz CT molecular complexity index is 1190. The average Bonchev–Trinajstić information content (AvgIpc) is 3.44. The van der Waals surface area contributed by atoms with Crippen molar-refractivity contribution < 1.29 is 4.79 Å². The molecule has 5 atom stereocenters. The molecule has 0 saturated heterocycles. The Morgan fingerprint density at radius 3 is 2.59 bits per heavy atom. The van der Waals surface area contributed by atoms with Gasteiger partial charge in [0, 0.05) is 16.9 Å². The first-order valence-corrected chi connectivity index (χ1v) is 11.9.